The van der Waals surface area contributed by atoms with E-state index in [9.17, 15) is 9.18 Å². The highest BCUT2D eigenvalue weighted by atomic mass is 19.1. The number of carbonyl (C=O) groups is 1. The van der Waals surface area contributed by atoms with E-state index in [1.807, 2.05) is 53.2 Å². The molecule has 8 heteroatoms. The lowest BCUT2D eigenvalue weighted by molar-refractivity contribution is 0.0465. The van der Waals surface area contributed by atoms with Gasteiger partial charge >= 0.3 is 5.97 Å². The zero-order valence-corrected chi connectivity index (χ0v) is 17.1. The Bertz CT molecular complexity index is 1230. The molecule has 4 aromatic rings. The normalized spacial score (nSPS) is 14.6. The Hall–Kier alpha value is -3.55. The van der Waals surface area contributed by atoms with Gasteiger partial charge in [-0.1, -0.05) is 35.5 Å². The predicted octanol–water partition coefficient (Wildman–Crippen LogP) is 4.24. The molecule has 0 saturated heterocycles. The van der Waals surface area contributed by atoms with Crippen LogP contribution < -0.4 is 0 Å². The summed E-state index contributed by atoms with van der Waals surface area (Å²) in [5.74, 6) is -0.0137. The van der Waals surface area contributed by atoms with Crippen LogP contribution in [0, 0.1) is 0 Å². The maximum atomic E-state index is 14.2. The van der Waals surface area contributed by atoms with Crippen LogP contribution in [-0.2, 0) is 17.9 Å². The summed E-state index contributed by atoms with van der Waals surface area (Å²) in [6, 6.07) is 11.4. The van der Waals surface area contributed by atoms with E-state index in [-0.39, 0.29) is 12.3 Å². The van der Waals surface area contributed by atoms with Gasteiger partial charge in [0.2, 0.25) is 0 Å². The first-order valence-corrected chi connectivity index (χ1v) is 10.3. The van der Waals surface area contributed by atoms with Gasteiger partial charge in [0.25, 0.3) is 0 Å². The fraction of sp³-hybridized carbons (Fsp3) is 0.304. The molecule has 1 saturated carbocycles. The minimum Gasteiger partial charge on any atom is -0.456 e. The molecule has 1 aliphatic carbocycles. The number of esters is 1. The van der Waals surface area contributed by atoms with Gasteiger partial charge in [0.15, 0.2) is 5.69 Å². The van der Waals surface area contributed by atoms with E-state index in [1.54, 1.807) is 0 Å². The molecule has 1 atom stereocenters. The standard InChI is InChI=1S/C23H22FN5O2/c1-15(24)20-9-18(17-7-8-17)10-28-11-19(25-22(20)28)12-29-13-21(26-27-29)23(30)31-14-16-5-3-2-4-6-16/h2-6,9-11,13,15,17H,7-8,12,14H2,1H3. The molecule has 0 amide bonds. The smallest absolute Gasteiger partial charge is 0.360 e. The van der Waals surface area contributed by atoms with Crippen molar-refractivity contribution in [3.63, 3.8) is 0 Å². The number of alkyl halides is 1. The van der Waals surface area contributed by atoms with Crippen LogP contribution in [0.3, 0.4) is 0 Å². The summed E-state index contributed by atoms with van der Waals surface area (Å²) in [5.41, 5.74) is 4.10. The summed E-state index contributed by atoms with van der Waals surface area (Å²) in [6.07, 6.45) is 6.63. The molecule has 1 unspecified atom stereocenters. The lowest BCUT2D eigenvalue weighted by atomic mass is 10.1. The molecule has 5 rings (SSSR count). The molecule has 158 valence electrons. The fourth-order valence-corrected chi connectivity index (χ4v) is 3.64. The molecule has 0 aliphatic heterocycles. The Balaban J connectivity index is 1.31. The summed E-state index contributed by atoms with van der Waals surface area (Å²) in [5, 5.41) is 7.93. The molecule has 7 nitrogen and oxygen atoms in total. The van der Waals surface area contributed by atoms with E-state index in [1.165, 1.54) is 17.8 Å². The van der Waals surface area contributed by atoms with E-state index >= 15 is 0 Å². The molecule has 0 N–H and O–H groups in total. The van der Waals surface area contributed by atoms with Gasteiger partial charge in [-0.25, -0.2) is 18.9 Å². The molecule has 3 heterocycles. The van der Waals surface area contributed by atoms with Crippen LogP contribution in [0.15, 0.2) is 55.0 Å². The molecule has 1 aromatic carbocycles. The van der Waals surface area contributed by atoms with Gasteiger partial charge in [-0.15, -0.1) is 5.10 Å². The summed E-state index contributed by atoms with van der Waals surface area (Å²) in [7, 11) is 0. The lowest BCUT2D eigenvalue weighted by Gasteiger charge is -2.08. The summed E-state index contributed by atoms with van der Waals surface area (Å²) in [4.78, 5) is 16.9. The number of hydrogen-bond donors (Lipinski definition) is 0. The Morgan fingerprint density at radius 1 is 1.23 bits per heavy atom. The van der Waals surface area contributed by atoms with E-state index in [0.717, 1.165) is 24.0 Å². The quantitative estimate of drug-likeness (QED) is 0.419. The molecule has 31 heavy (non-hydrogen) atoms. The first kappa shape index (κ1) is 19.4. The maximum absolute atomic E-state index is 14.2. The molecule has 1 aliphatic rings. The Labute approximate surface area is 178 Å². The van der Waals surface area contributed by atoms with Gasteiger partial charge in [-0.05, 0) is 42.9 Å². The summed E-state index contributed by atoms with van der Waals surface area (Å²) >= 11 is 0. The number of halogens is 1. The predicted molar refractivity (Wildman–Crippen MR) is 111 cm³/mol. The van der Waals surface area contributed by atoms with Crippen LogP contribution in [-0.4, -0.2) is 30.3 Å². The molecule has 0 spiro atoms. The number of hydrogen-bond acceptors (Lipinski definition) is 5. The van der Waals surface area contributed by atoms with Crippen LogP contribution in [0.25, 0.3) is 5.65 Å². The van der Waals surface area contributed by atoms with Crippen LogP contribution in [0.4, 0.5) is 4.39 Å². The largest absolute Gasteiger partial charge is 0.456 e. The SMILES string of the molecule is CC(F)c1cc(C2CC2)cn2cc(Cn3cc(C(=O)OCc4ccccc4)nn3)nc12. The van der Waals surface area contributed by atoms with Crippen molar-refractivity contribution in [1.29, 1.82) is 0 Å². The topological polar surface area (TPSA) is 74.3 Å². The van der Waals surface area contributed by atoms with Crippen LogP contribution in [0.2, 0.25) is 0 Å². The highest BCUT2D eigenvalue weighted by molar-refractivity contribution is 5.86. The Kier molecular flexibility index (Phi) is 4.97. The van der Waals surface area contributed by atoms with Gasteiger partial charge in [0.1, 0.15) is 18.4 Å². The molecule has 1 fully saturated rings. The number of ether oxygens (including phenoxy) is 1. The average Bonchev–Trinajstić information content (AvgIpc) is 3.39. The second-order valence-electron chi connectivity index (χ2n) is 7.95. The van der Waals surface area contributed by atoms with Crippen molar-refractivity contribution >= 4 is 11.6 Å². The van der Waals surface area contributed by atoms with Gasteiger partial charge < -0.3 is 9.14 Å². The molecule has 0 radical (unpaired) electrons. The van der Waals surface area contributed by atoms with Crippen molar-refractivity contribution in [1.82, 2.24) is 24.4 Å². The van der Waals surface area contributed by atoms with Crippen LogP contribution in [0.1, 0.15) is 64.7 Å². The third-order valence-electron chi connectivity index (χ3n) is 5.41. The van der Waals surface area contributed by atoms with Crippen LogP contribution in [0.5, 0.6) is 0 Å². The first-order chi connectivity index (χ1) is 15.1. The van der Waals surface area contributed by atoms with Gasteiger partial charge in [0, 0.05) is 18.0 Å². The second-order valence-corrected chi connectivity index (χ2v) is 7.95. The van der Waals surface area contributed by atoms with Gasteiger partial charge in [-0.2, -0.15) is 0 Å². The van der Waals surface area contributed by atoms with Crippen molar-refractivity contribution < 1.29 is 13.9 Å². The zero-order valence-electron chi connectivity index (χ0n) is 17.1. The minimum absolute atomic E-state index is 0.133. The minimum atomic E-state index is -1.10. The number of benzene rings is 1. The highest BCUT2D eigenvalue weighted by Gasteiger charge is 2.26. The first-order valence-electron chi connectivity index (χ1n) is 10.3. The van der Waals surface area contributed by atoms with Crippen LogP contribution >= 0.6 is 0 Å². The number of rotatable bonds is 7. The van der Waals surface area contributed by atoms with E-state index in [2.05, 4.69) is 15.3 Å². The molecular weight excluding hydrogens is 397 g/mol. The molecular formula is C23H22FN5O2. The molecule has 3 aromatic heterocycles. The van der Waals surface area contributed by atoms with E-state index in [4.69, 9.17) is 4.74 Å². The van der Waals surface area contributed by atoms with Crippen molar-refractivity contribution in [2.75, 3.05) is 0 Å². The second kappa shape index (κ2) is 7.94. The highest BCUT2D eigenvalue weighted by Crippen LogP contribution is 2.41. The van der Waals surface area contributed by atoms with Crippen molar-refractivity contribution in [2.45, 2.75) is 45.0 Å². The van der Waals surface area contributed by atoms with E-state index in [0.29, 0.717) is 29.4 Å². The third-order valence-corrected chi connectivity index (χ3v) is 5.41. The fourth-order valence-electron chi connectivity index (χ4n) is 3.64. The maximum Gasteiger partial charge on any atom is 0.360 e. The number of pyridine rings is 1. The van der Waals surface area contributed by atoms with Gasteiger partial charge in [-0.3, -0.25) is 0 Å². The Morgan fingerprint density at radius 3 is 2.77 bits per heavy atom. The van der Waals surface area contributed by atoms with Crippen molar-refractivity contribution in [2.24, 2.45) is 0 Å². The van der Waals surface area contributed by atoms with Crippen molar-refractivity contribution in [3.05, 3.63) is 83.1 Å². The monoisotopic (exact) mass is 419 g/mol. The number of fused-ring (bicyclic) bond motifs is 1. The number of aromatic nitrogens is 5. The van der Waals surface area contributed by atoms with E-state index < -0.39 is 12.1 Å². The van der Waals surface area contributed by atoms with Crippen molar-refractivity contribution in [3.8, 4) is 0 Å². The lowest BCUT2D eigenvalue weighted by Crippen LogP contribution is -2.05. The molecule has 0 bridgehead atoms. The number of nitrogens with zero attached hydrogens (tertiary/aromatic N) is 5. The Morgan fingerprint density at radius 2 is 2.03 bits per heavy atom. The third kappa shape index (κ3) is 4.19. The zero-order chi connectivity index (χ0) is 21.4. The number of imidazole rings is 1. The number of carbonyl (C=O) groups excluding carboxylic acids is 1. The average molecular weight is 419 g/mol. The summed E-state index contributed by atoms with van der Waals surface area (Å²) < 4.78 is 22.9. The van der Waals surface area contributed by atoms with Gasteiger partial charge in [0.05, 0.1) is 18.4 Å². The summed E-state index contributed by atoms with van der Waals surface area (Å²) in [6.45, 7) is 2.02.